The van der Waals surface area contributed by atoms with Gasteiger partial charge in [-0.2, -0.15) is 11.8 Å². The molecule has 0 radical (unpaired) electrons. The number of thioether (sulfide) groups is 1. The second-order valence-corrected chi connectivity index (χ2v) is 6.59. The third-order valence-electron chi connectivity index (χ3n) is 3.39. The van der Waals surface area contributed by atoms with Gasteiger partial charge in [-0.3, -0.25) is 4.79 Å². The number of nitrogens with one attached hydrogen (secondary N) is 1. The highest BCUT2D eigenvalue weighted by Gasteiger charge is 2.14. The van der Waals surface area contributed by atoms with Crippen molar-refractivity contribution in [3.8, 4) is 5.75 Å². The minimum absolute atomic E-state index is 0.0526. The molecular formula is C19H21NO4S. The van der Waals surface area contributed by atoms with E-state index in [1.165, 1.54) is 17.7 Å². The highest BCUT2D eigenvalue weighted by Crippen LogP contribution is 2.19. The first-order valence-electron chi connectivity index (χ1n) is 7.91. The van der Waals surface area contributed by atoms with E-state index in [-0.39, 0.29) is 23.8 Å². The number of carbonyl (C=O) groups is 2. The van der Waals surface area contributed by atoms with Gasteiger partial charge in [-0.05, 0) is 30.2 Å². The van der Waals surface area contributed by atoms with Crippen molar-refractivity contribution in [1.29, 1.82) is 0 Å². The topological polar surface area (TPSA) is 75.6 Å². The average Bonchev–Trinajstić information content (AvgIpc) is 2.60. The van der Waals surface area contributed by atoms with E-state index in [1.807, 2.05) is 18.2 Å². The molecule has 0 fully saturated rings. The summed E-state index contributed by atoms with van der Waals surface area (Å²) in [4.78, 5) is 23.5. The molecule has 6 heteroatoms. The summed E-state index contributed by atoms with van der Waals surface area (Å²) in [5.41, 5.74) is 2.13. The number of phenols is 1. The molecule has 2 aromatic carbocycles. The predicted molar refractivity (Wildman–Crippen MR) is 98.7 cm³/mol. The fourth-order valence-electron chi connectivity index (χ4n) is 2.10. The van der Waals surface area contributed by atoms with Crippen molar-refractivity contribution in [1.82, 2.24) is 5.32 Å². The molecule has 25 heavy (non-hydrogen) atoms. The lowest BCUT2D eigenvalue weighted by Crippen LogP contribution is -2.30. The molecule has 0 unspecified atom stereocenters. The normalized spacial score (nSPS) is 10.3. The number of phenolic OH excluding ortho intramolecular Hbond substituents is 1. The van der Waals surface area contributed by atoms with Gasteiger partial charge in [-0.25, -0.2) is 4.79 Å². The summed E-state index contributed by atoms with van der Waals surface area (Å²) in [5, 5.41) is 12.4. The number of aromatic hydroxyl groups is 1. The predicted octanol–water partition coefficient (Wildman–Crippen LogP) is 2.91. The smallest absolute Gasteiger partial charge is 0.342 e. The van der Waals surface area contributed by atoms with Gasteiger partial charge in [0.2, 0.25) is 0 Å². The van der Waals surface area contributed by atoms with E-state index in [9.17, 15) is 14.7 Å². The summed E-state index contributed by atoms with van der Waals surface area (Å²) < 4.78 is 4.92. The fourth-order valence-corrected chi connectivity index (χ4v) is 2.92. The van der Waals surface area contributed by atoms with Crippen LogP contribution in [0.2, 0.25) is 0 Å². The van der Waals surface area contributed by atoms with Crippen molar-refractivity contribution in [3.63, 3.8) is 0 Å². The quantitative estimate of drug-likeness (QED) is 0.560. The Kier molecular flexibility index (Phi) is 7.35. The molecule has 0 heterocycles. The van der Waals surface area contributed by atoms with Crippen molar-refractivity contribution in [2.45, 2.75) is 12.7 Å². The van der Waals surface area contributed by atoms with Gasteiger partial charge in [0, 0.05) is 18.1 Å². The number of aryl methyl sites for hydroxylation is 1. The van der Waals surface area contributed by atoms with Crippen LogP contribution in [-0.4, -0.2) is 35.9 Å². The van der Waals surface area contributed by atoms with Gasteiger partial charge >= 0.3 is 5.97 Å². The molecule has 0 aliphatic rings. The van der Waals surface area contributed by atoms with Crippen LogP contribution in [-0.2, 0) is 15.3 Å². The first kappa shape index (κ1) is 18.9. The van der Waals surface area contributed by atoms with Crippen LogP contribution < -0.4 is 5.32 Å². The van der Waals surface area contributed by atoms with Crippen molar-refractivity contribution < 1.29 is 19.4 Å². The SMILES string of the molecule is Cc1ccc(C(=O)OCC(=O)NCCSCc2ccccc2)c(O)c1. The Balaban J connectivity index is 1.62. The Labute approximate surface area is 151 Å². The second-order valence-electron chi connectivity index (χ2n) is 5.48. The first-order chi connectivity index (χ1) is 12.1. The zero-order valence-electron chi connectivity index (χ0n) is 14.0. The lowest BCUT2D eigenvalue weighted by Gasteiger charge is -2.08. The number of hydrogen-bond donors (Lipinski definition) is 2. The molecule has 0 aromatic heterocycles. The van der Waals surface area contributed by atoms with E-state index in [0.717, 1.165) is 17.1 Å². The van der Waals surface area contributed by atoms with Crippen LogP contribution in [0.5, 0.6) is 5.75 Å². The average molecular weight is 359 g/mol. The number of amides is 1. The minimum atomic E-state index is -0.717. The maximum atomic E-state index is 11.8. The lowest BCUT2D eigenvalue weighted by molar-refractivity contribution is -0.124. The van der Waals surface area contributed by atoms with E-state index >= 15 is 0 Å². The van der Waals surface area contributed by atoms with Crippen LogP contribution in [0, 0.1) is 6.92 Å². The monoisotopic (exact) mass is 359 g/mol. The summed E-state index contributed by atoms with van der Waals surface area (Å²) in [6.45, 7) is 1.94. The Hall–Kier alpha value is -2.47. The Morgan fingerprint density at radius 1 is 1.16 bits per heavy atom. The van der Waals surface area contributed by atoms with Gasteiger partial charge in [0.25, 0.3) is 5.91 Å². The van der Waals surface area contributed by atoms with E-state index in [1.54, 1.807) is 24.8 Å². The molecule has 2 N–H and O–H groups in total. The largest absolute Gasteiger partial charge is 0.507 e. The molecule has 0 spiro atoms. The highest BCUT2D eigenvalue weighted by atomic mass is 32.2. The number of benzene rings is 2. The number of ether oxygens (including phenoxy) is 1. The summed E-state index contributed by atoms with van der Waals surface area (Å²) in [7, 11) is 0. The third kappa shape index (κ3) is 6.51. The van der Waals surface area contributed by atoms with Gasteiger partial charge in [0.1, 0.15) is 11.3 Å². The third-order valence-corrected chi connectivity index (χ3v) is 4.42. The lowest BCUT2D eigenvalue weighted by atomic mass is 10.1. The standard InChI is InChI=1S/C19H21NO4S/c1-14-7-8-16(17(21)11-14)19(23)24-12-18(22)20-9-10-25-13-15-5-3-2-4-6-15/h2-8,11,21H,9-10,12-13H2,1H3,(H,20,22). The van der Waals surface area contributed by atoms with Crippen molar-refractivity contribution in [3.05, 3.63) is 65.2 Å². The molecular weight excluding hydrogens is 338 g/mol. The Morgan fingerprint density at radius 2 is 1.92 bits per heavy atom. The molecule has 2 aromatic rings. The van der Waals surface area contributed by atoms with E-state index in [4.69, 9.17) is 4.74 Å². The molecule has 0 aliphatic carbocycles. The van der Waals surface area contributed by atoms with Crippen LogP contribution in [0.25, 0.3) is 0 Å². The maximum absolute atomic E-state index is 11.8. The number of carbonyl (C=O) groups excluding carboxylic acids is 2. The maximum Gasteiger partial charge on any atom is 0.342 e. The van der Waals surface area contributed by atoms with E-state index in [2.05, 4.69) is 17.4 Å². The van der Waals surface area contributed by atoms with Crippen LogP contribution >= 0.6 is 11.8 Å². The van der Waals surface area contributed by atoms with Gasteiger partial charge in [0.05, 0.1) is 0 Å². The Bertz CT molecular complexity index is 719. The highest BCUT2D eigenvalue weighted by molar-refractivity contribution is 7.98. The molecule has 1 amide bonds. The molecule has 132 valence electrons. The summed E-state index contributed by atoms with van der Waals surface area (Å²) in [5.74, 6) is 0.431. The number of esters is 1. The summed E-state index contributed by atoms with van der Waals surface area (Å²) in [6, 6.07) is 14.7. The molecule has 0 saturated carbocycles. The van der Waals surface area contributed by atoms with Gasteiger partial charge in [-0.15, -0.1) is 0 Å². The van der Waals surface area contributed by atoms with Crippen molar-refractivity contribution in [2.24, 2.45) is 0 Å². The number of rotatable bonds is 8. The van der Waals surface area contributed by atoms with Crippen molar-refractivity contribution >= 4 is 23.6 Å². The van der Waals surface area contributed by atoms with Crippen LogP contribution in [0.1, 0.15) is 21.5 Å². The molecule has 2 rings (SSSR count). The molecule has 0 saturated heterocycles. The van der Waals surface area contributed by atoms with E-state index in [0.29, 0.717) is 6.54 Å². The van der Waals surface area contributed by atoms with E-state index < -0.39 is 5.97 Å². The van der Waals surface area contributed by atoms with Gasteiger partial charge in [0.15, 0.2) is 6.61 Å². The molecule has 0 atom stereocenters. The Morgan fingerprint density at radius 3 is 2.64 bits per heavy atom. The van der Waals surface area contributed by atoms with Crippen LogP contribution in [0.15, 0.2) is 48.5 Å². The summed E-state index contributed by atoms with van der Waals surface area (Å²) in [6.07, 6.45) is 0. The van der Waals surface area contributed by atoms with Crippen molar-refractivity contribution in [2.75, 3.05) is 18.9 Å². The number of hydrogen-bond acceptors (Lipinski definition) is 5. The van der Waals surface area contributed by atoms with Crippen LogP contribution in [0.3, 0.4) is 0 Å². The van der Waals surface area contributed by atoms with Crippen LogP contribution in [0.4, 0.5) is 0 Å². The zero-order chi connectivity index (χ0) is 18.1. The fraction of sp³-hybridized carbons (Fsp3) is 0.263. The minimum Gasteiger partial charge on any atom is -0.507 e. The molecule has 0 bridgehead atoms. The first-order valence-corrected chi connectivity index (χ1v) is 9.07. The van der Waals surface area contributed by atoms with Gasteiger partial charge < -0.3 is 15.2 Å². The molecule has 0 aliphatic heterocycles. The zero-order valence-corrected chi connectivity index (χ0v) is 14.8. The second kappa shape index (κ2) is 9.74. The summed E-state index contributed by atoms with van der Waals surface area (Å²) >= 11 is 1.72. The van der Waals surface area contributed by atoms with Gasteiger partial charge in [-0.1, -0.05) is 36.4 Å². The molecule has 5 nitrogen and oxygen atoms in total.